The molecule has 0 saturated heterocycles. The number of hydrogen-bond acceptors (Lipinski definition) is 5. The molecule has 8 heteroatoms. The van der Waals surface area contributed by atoms with Crippen molar-refractivity contribution >= 4 is 17.7 Å². The molecule has 2 aromatic rings. The highest BCUT2D eigenvalue weighted by Crippen LogP contribution is 2.22. The van der Waals surface area contributed by atoms with Crippen LogP contribution in [0.25, 0.3) is 11.1 Å². The van der Waals surface area contributed by atoms with Gasteiger partial charge in [0.15, 0.2) is 6.04 Å². The fourth-order valence-corrected chi connectivity index (χ4v) is 3.16. The predicted octanol–water partition coefficient (Wildman–Crippen LogP) is 1.30. The molecule has 1 atom stereocenters. The summed E-state index contributed by atoms with van der Waals surface area (Å²) in [5, 5.41) is 14.7. The highest BCUT2D eigenvalue weighted by Gasteiger charge is 2.33. The summed E-state index contributed by atoms with van der Waals surface area (Å²) in [6, 6.07) is 14.4. The fraction of sp³-hybridized carbons (Fsp3) is 0.318. The molecule has 0 bridgehead atoms. The molecule has 1 aliphatic rings. The third-order valence-corrected chi connectivity index (χ3v) is 5.15. The minimum absolute atomic E-state index is 0.325. The Morgan fingerprint density at radius 3 is 2.07 bits per heavy atom. The summed E-state index contributed by atoms with van der Waals surface area (Å²) in [6.45, 7) is 0.860. The van der Waals surface area contributed by atoms with Crippen LogP contribution in [0.3, 0.4) is 0 Å². The minimum atomic E-state index is -1.48. The van der Waals surface area contributed by atoms with E-state index in [-0.39, 0.29) is 0 Å². The summed E-state index contributed by atoms with van der Waals surface area (Å²) in [4.78, 5) is 37.5. The van der Waals surface area contributed by atoms with Crippen molar-refractivity contribution in [3.8, 4) is 11.1 Å². The van der Waals surface area contributed by atoms with E-state index in [0.717, 1.165) is 22.6 Å². The van der Waals surface area contributed by atoms with E-state index >= 15 is 0 Å². The van der Waals surface area contributed by atoms with Gasteiger partial charge in [-0.25, -0.2) is 5.48 Å². The quantitative estimate of drug-likeness (QED) is 0.298. The van der Waals surface area contributed by atoms with Crippen LogP contribution in [0.15, 0.2) is 48.5 Å². The molecule has 8 nitrogen and oxygen atoms in total. The van der Waals surface area contributed by atoms with Crippen molar-refractivity contribution in [3.05, 3.63) is 59.7 Å². The number of carbonyl (C=O) groups excluding carboxylic acids is 3. The highest BCUT2D eigenvalue weighted by atomic mass is 16.5. The van der Waals surface area contributed by atoms with Crippen molar-refractivity contribution in [1.29, 1.82) is 0 Å². The lowest BCUT2D eigenvalue weighted by Gasteiger charge is -2.25. The van der Waals surface area contributed by atoms with E-state index in [1.807, 2.05) is 24.3 Å². The third-order valence-electron chi connectivity index (χ3n) is 5.15. The maximum atomic E-state index is 12.7. The number of rotatable bonds is 8. The topological polar surface area (TPSA) is 111 Å². The first-order valence-corrected chi connectivity index (χ1v) is 9.80. The van der Waals surface area contributed by atoms with Crippen LogP contribution in [0.2, 0.25) is 0 Å². The van der Waals surface area contributed by atoms with Gasteiger partial charge < -0.3 is 15.5 Å². The van der Waals surface area contributed by atoms with E-state index in [2.05, 4.69) is 22.8 Å². The van der Waals surface area contributed by atoms with Crippen LogP contribution >= 0.6 is 0 Å². The Labute approximate surface area is 175 Å². The van der Waals surface area contributed by atoms with Gasteiger partial charge in [0.25, 0.3) is 17.7 Å². The number of hydrogen-bond donors (Lipinski definition) is 4. The molecule has 158 valence electrons. The second kappa shape index (κ2) is 9.51. The maximum absolute atomic E-state index is 12.7. The summed E-state index contributed by atoms with van der Waals surface area (Å²) in [5.74, 6) is -2.20. The van der Waals surface area contributed by atoms with Crippen LogP contribution in [0.5, 0.6) is 0 Å². The van der Waals surface area contributed by atoms with Gasteiger partial charge in [0.2, 0.25) is 0 Å². The van der Waals surface area contributed by atoms with Crippen molar-refractivity contribution in [2.24, 2.45) is 0 Å². The fourth-order valence-electron chi connectivity index (χ4n) is 3.16. The van der Waals surface area contributed by atoms with Gasteiger partial charge in [-0.15, -0.1) is 0 Å². The van der Waals surface area contributed by atoms with Crippen molar-refractivity contribution in [3.63, 3.8) is 0 Å². The summed E-state index contributed by atoms with van der Waals surface area (Å²) < 4.78 is 0. The summed E-state index contributed by atoms with van der Waals surface area (Å²) >= 11 is 0. The number of benzene rings is 2. The molecule has 0 aromatic heterocycles. The number of carbonyl (C=O) groups is 3. The first-order valence-electron chi connectivity index (χ1n) is 9.80. The standard InChI is InChI=1S/C22H26N4O4/c1-23-20(27)19(21(28)25-30)26(2)22(29)17-9-7-16(8-10-17)15-5-3-14(4-6-15)13-24-18-11-12-18/h3-10,18-19,24,30H,11-13H2,1-2H3,(H,23,27)(H,25,28). The van der Waals surface area contributed by atoms with Crippen molar-refractivity contribution < 1.29 is 19.6 Å². The average molecular weight is 410 g/mol. The van der Waals surface area contributed by atoms with E-state index < -0.39 is 23.8 Å². The monoisotopic (exact) mass is 410 g/mol. The van der Waals surface area contributed by atoms with Gasteiger partial charge in [0.1, 0.15) is 0 Å². The molecule has 0 heterocycles. The highest BCUT2D eigenvalue weighted by molar-refractivity contribution is 6.08. The Hall–Kier alpha value is -3.23. The molecule has 1 saturated carbocycles. The van der Waals surface area contributed by atoms with Crippen molar-refractivity contribution in [1.82, 2.24) is 21.0 Å². The van der Waals surface area contributed by atoms with E-state index in [4.69, 9.17) is 5.21 Å². The normalized spacial score (nSPS) is 14.0. The van der Waals surface area contributed by atoms with Crippen LogP contribution in [0.4, 0.5) is 0 Å². The lowest BCUT2D eigenvalue weighted by molar-refractivity contribution is -0.140. The molecule has 0 spiro atoms. The van der Waals surface area contributed by atoms with Gasteiger partial charge in [-0.1, -0.05) is 36.4 Å². The lowest BCUT2D eigenvalue weighted by Crippen LogP contribution is -2.54. The molecule has 1 aliphatic carbocycles. The average Bonchev–Trinajstić information content (AvgIpc) is 3.62. The van der Waals surface area contributed by atoms with Crippen LogP contribution in [-0.2, 0) is 16.1 Å². The number of likely N-dealkylation sites (N-methyl/N-ethyl adjacent to an activating group) is 2. The molecule has 2 aromatic carbocycles. The molecule has 0 radical (unpaired) electrons. The lowest BCUT2D eigenvalue weighted by atomic mass is 10.0. The maximum Gasteiger partial charge on any atom is 0.275 e. The first kappa shape index (κ1) is 21.5. The van der Waals surface area contributed by atoms with Crippen molar-refractivity contribution in [2.45, 2.75) is 31.5 Å². The Morgan fingerprint density at radius 1 is 1.00 bits per heavy atom. The summed E-state index contributed by atoms with van der Waals surface area (Å²) in [7, 11) is 2.68. The molecular formula is C22H26N4O4. The number of nitrogens with one attached hydrogen (secondary N) is 3. The predicted molar refractivity (Wildman–Crippen MR) is 112 cm³/mol. The molecule has 3 amide bonds. The Bertz CT molecular complexity index is 892. The molecule has 3 rings (SSSR count). The zero-order valence-electron chi connectivity index (χ0n) is 17.0. The van der Waals surface area contributed by atoms with E-state index in [1.165, 1.54) is 38.0 Å². The Morgan fingerprint density at radius 2 is 1.57 bits per heavy atom. The van der Waals surface area contributed by atoms with Gasteiger partial charge in [-0.2, -0.15) is 0 Å². The SMILES string of the molecule is CNC(=O)C(C(=O)NO)N(C)C(=O)c1ccc(-c2ccc(CNC3CC3)cc2)cc1. The van der Waals surface area contributed by atoms with E-state index in [9.17, 15) is 14.4 Å². The third kappa shape index (κ3) is 5.03. The van der Waals surface area contributed by atoms with Gasteiger partial charge >= 0.3 is 0 Å². The van der Waals surface area contributed by atoms with E-state index in [1.54, 1.807) is 12.1 Å². The molecular weight excluding hydrogens is 384 g/mol. The first-order chi connectivity index (χ1) is 14.4. The second-order valence-corrected chi connectivity index (χ2v) is 7.34. The second-order valence-electron chi connectivity index (χ2n) is 7.34. The van der Waals surface area contributed by atoms with Gasteiger partial charge in [-0.05, 0) is 41.7 Å². The zero-order chi connectivity index (χ0) is 21.7. The minimum Gasteiger partial charge on any atom is -0.357 e. The molecule has 30 heavy (non-hydrogen) atoms. The summed E-state index contributed by atoms with van der Waals surface area (Å²) in [5.41, 5.74) is 4.95. The number of hydroxylamine groups is 1. The smallest absolute Gasteiger partial charge is 0.275 e. The van der Waals surface area contributed by atoms with Gasteiger partial charge in [0, 0.05) is 32.2 Å². The number of nitrogens with zero attached hydrogens (tertiary/aromatic N) is 1. The number of amides is 3. The van der Waals surface area contributed by atoms with Crippen LogP contribution in [0, 0.1) is 0 Å². The van der Waals surface area contributed by atoms with Crippen molar-refractivity contribution in [2.75, 3.05) is 14.1 Å². The van der Waals surface area contributed by atoms with Crippen LogP contribution in [0.1, 0.15) is 28.8 Å². The van der Waals surface area contributed by atoms with E-state index in [0.29, 0.717) is 11.6 Å². The Balaban J connectivity index is 1.69. The van der Waals surface area contributed by atoms with Crippen LogP contribution in [-0.4, -0.2) is 54.0 Å². The van der Waals surface area contributed by atoms with Gasteiger partial charge in [-0.3, -0.25) is 19.6 Å². The largest absolute Gasteiger partial charge is 0.357 e. The van der Waals surface area contributed by atoms with Gasteiger partial charge in [0.05, 0.1) is 0 Å². The Kier molecular flexibility index (Phi) is 6.81. The zero-order valence-corrected chi connectivity index (χ0v) is 17.0. The molecule has 1 fully saturated rings. The van der Waals surface area contributed by atoms with Crippen LogP contribution < -0.4 is 16.1 Å². The molecule has 4 N–H and O–H groups in total. The molecule has 1 unspecified atom stereocenters. The summed E-state index contributed by atoms with van der Waals surface area (Å²) in [6.07, 6.45) is 2.51. The molecule has 0 aliphatic heterocycles.